The van der Waals surface area contributed by atoms with Gasteiger partial charge in [-0.25, -0.2) is 0 Å². The van der Waals surface area contributed by atoms with Crippen LogP contribution in [0.4, 0.5) is 0 Å². The molecule has 1 atom stereocenters. The van der Waals surface area contributed by atoms with Crippen LogP contribution in [0, 0.1) is 0 Å². The molecule has 0 saturated heterocycles. The van der Waals surface area contributed by atoms with Crippen LogP contribution < -0.4 is 14.2 Å². The molecule has 1 spiro atoms. The van der Waals surface area contributed by atoms with E-state index in [9.17, 15) is 0 Å². The maximum absolute atomic E-state index is 6.44. The summed E-state index contributed by atoms with van der Waals surface area (Å²) in [6.07, 6.45) is 5.91. The lowest BCUT2D eigenvalue weighted by molar-refractivity contribution is 0.0175. The molecule has 0 radical (unpaired) electrons. The van der Waals surface area contributed by atoms with Crippen molar-refractivity contribution in [2.45, 2.75) is 43.7 Å². The minimum Gasteiger partial charge on any atom is -0.493 e. The predicted octanol–water partition coefficient (Wildman–Crippen LogP) is 3.40. The van der Waals surface area contributed by atoms with Gasteiger partial charge < -0.3 is 19.1 Å². The smallest absolute Gasteiger partial charge is 0.164 e. The van der Waals surface area contributed by atoms with Crippen molar-refractivity contribution in [3.63, 3.8) is 0 Å². The van der Waals surface area contributed by atoms with E-state index in [4.69, 9.17) is 14.2 Å². The van der Waals surface area contributed by atoms with E-state index in [1.54, 1.807) is 14.2 Å². The van der Waals surface area contributed by atoms with Gasteiger partial charge in [0.2, 0.25) is 0 Å². The second-order valence-corrected chi connectivity index (χ2v) is 6.42. The van der Waals surface area contributed by atoms with Crippen molar-refractivity contribution in [2.75, 3.05) is 28.3 Å². The average Bonchev–Trinajstić information content (AvgIpc) is 2.92. The Morgan fingerprint density at radius 1 is 1.10 bits per heavy atom. The third kappa shape index (κ3) is 2.46. The second kappa shape index (κ2) is 5.41. The molecule has 0 N–H and O–H groups in total. The second-order valence-electron chi connectivity index (χ2n) is 6.42. The lowest BCUT2D eigenvalue weighted by atomic mass is 9.85. The van der Waals surface area contributed by atoms with E-state index in [0.717, 1.165) is 36.5 Å². The Kier molecular flexibility index (Phi) is 3.74. The maximum Gasteiger partial charge on any atom is 0.164 e. The summed E-state index contributed by atoms with van der Waals surface area (Å²) < 4.78 is 17.3. The summed E-state index contributed by atoms with van der Waals surface area (Å²) in [7, 11) is 7.62. The van der Waals surface area contributed by atoms with Gasteiger partial charge in [0.25, 0.3) is 0 Å². The van der Waals surface area contributed by atoms with Gasteiger partial charge >= 0.3 is 0 Å². The highest BCUT2D eigenvalue weighted by atomic mass is 16.5. The molecule has 1 aliphatic carbocycles. The van der Waals surface area contributed by atoms with Gasteiger partial charge in [0.05, 0.1) is 14.2 Å². The van der Waals surface area contributed by atoms with Crippen LogP contribution in [-0.4, -0.2) is 38.8 Å². The maximum atomic E-state index is 6.44. The van der Waals surface area contributed by atoms with Crippen molar-refractivity contribution in [1.82, 2.24) is 4.90 Å². The fourth-order valence-electron chi connectivity index (χ4n) is 3.75. The van der Waals surface area contributed by atoms with Gasteiger partial charge in [0.15, 0.2) is 11.5 Å². The first kappa shape index (κ1) is 14.5. The van der Waals surface area contributed by atoms with Crippen LogP contribution in [0.25, 0.3) is 0 Å². The van der Waals surface area contributed by atoms with Gasteiger partial charge in [0.1, 0.15) is 11.4 Å². The summed E-state index contributed by atoms with van der Waals surface area (Å²) in [6.45, 7) is 0. The Bertz CT molecular complexity index is 521. The van der Waals surface area contributed by atoms with Crippen molar-refractivity contribution in [3.8, 4) is 17.2 Å². The van der Waals surface area contributed by atoms with E-state index in [1.807, 2.05) is 6.07 Å². The van der Waals surface area contributed by atoms with Crippen molar-refractivity contribution < 1.29 is 14.2 Å². The number of ether oxygens (including phenoxy) is 3. The first-order valence-corrected chi connectivity index (χ1v) is 7.70. The highest BCUT2D eigenvalue weighted by molar-refractivity contribution is 5.53. The van der Waals surface area contributed by atoms with Crippen LogP contribution in [0.3, 0.4) is 0 Å². The quantitative estimate of drug-likeness (QED) is 0.854. The minimum atomic E-state index is 0.0154. The number of hydrogen-bond donors (Lipinski definition) is 0. The van der Waals surface area contributed by atoms with Crippen LogP contribution in [-0.2, 0) is 0 Å². The third-order valence-electron chi connectivity index (χ3n) is 4.90. The highest BCUT2D eigenvalue weighted by Gasteiger charge is 2.44. The summed E-state index contributed by atoms with van der Waals surface area (Å²) >= 11 is 0. The molecule has 2 aliphatic rings. The fourth-order valence-corrected chi connectivity index (χ4v) is 3.75. The standard InChI is InChI=1S/C17H25NO3/c1-18(2)13-11-17(7-5-6-8-17)21-14-10-16(20-4)15(19-3)9-12(13)14/h9-10,13H,5-8,11H2,1-4H3. The summed E-state index contributed by atoms with van der Waals surface area (Å²) in [6, 6.07) is 4.43. The van der Waals surface area contributed by atoms with Crippen molar-refractivity contribution in [3.05, 3.63) is 17.7 Å². The normalized spacial score (nSPS) is 23.0. The van der Waals surface area contributed by atoms with E-state index in [2.05, 4.69) is 25.1 Å². The number of nitrogens with zero attached hydrogens (tertiary/aromatic N) is 1. The molecular weight excluding hydrogens is 266 g/mol. The highest BCUT2D eigenvalue weighted by Crippen LogP contribution is 2.51. The first-order chi connectivity index (χ1) is 10.1. The topological polar surface area (TPSA) is 30.9 Å². The number of benzene rings is 1. The molecule has 1 saturated carbocycles. The SMILES string of the molecule is COc1cc2c(cc1OC)C(N(C)C)CC1(CCCC1)O2. The molecule has 116 valence electrons. The molecule has 1 aliphatic heterocycles. The molecule has 1 heterocycles. The van der Waals surface area contributed by atoms with Crippen LogP contribution in [0.2, 0.25) is 0 Å². The lowest BCUT2D eigenvalue weighted by Gasteiger charge is -2.42. The molecule has 1 aromatic carbocycles. The van der Waals surface area contributed by atoms with Crippen LogP contribution in [0.1, 0.15) is 43.7 Å². The largest absolute Gasteiger partial charge is 0.493 e. The number of methoxy groups -OCH3 is 2. The Morgan fingerprint density at radius 3 is 2.29 bits per heavy atom. The molecule has 1 unspecified atom stereocenters. The van der Waals surface area contributed by atoms with E-state index in [-0.39, 0.29) is 5.60 Å². The van der Waals surface area contributed by atoms with Gasteiger partial charge in [-0.3, -0.25) is 0 Å². The van der Waals surface area contributed by atoms with Gasteiger partial charge in [-0.15, -0.1) is 0 Å². The van der Waals surface area contributed by atoms with Crippen molar-refractivity contribution in [2.24, 2.45) is 0 Å². The molecule has 0 amide bonds. The lowest BCUT2D eigenvalue weighted by Crippen LogP contribution is -2.41. The average molecular weight is 291 g/mol. The molecule has 21 heavy (non-hydrogen) atoms. The zero-order chi connectivity index (χ0) is 15.0. The van der Waals surface area contributed by atoms with Gasteiger partial charge in [0, 0.05) is 24.1 Å². The number of hydrogen-bond acceptors (Lipinski definition) is 4. The summed E-state index contributed by atoms with van der Waals surface area (Å²) in [5.74, 6) is 2.47. The van der Waals surface area contributed by atoms with Crippen molar-refractivity contribution >= 4 is 0 Å². The summed E-state index contributed by atoms with van der Waals surface area (Å²) in [5, 5.41) is 0. The Labute approximate surface area is 127 Å². The molecule has 3 rings (SSSR count). The Hall–Kier alpha value is -1.42. The third-order valence-corrected chi connectivity index (χ3v) is 4.90. The Balaban J connectivity index is 2.06. The van der Waals surface area contributed by atoms with E-state index >= 15 is 0 Å². The van der Waals surface area contributed by atoms with Gasteiger partial charge in [-0.1, -0.05) is 0 Å². The van der Waals surface area contributed by atoms with Crippen LogP contribution in [0.15, 0.2) is 12.1 Å². The molecule has 0 bridgehead atoms. The molecule has 4 nitrogen and oxygen atoms in total. The first-order valence-electron chi connectivity index (χ1n) is 7.70. The zero-order valence-electron chi connectivity index (χ0n) is 13.4. The van der Waals surface area contributed by atoms with Gasteiger partial charge in [-0.2, -0.15) is 0 Å². The van der Waals surface area contributed by atoms with Crippen LogP contribution in [0.5, 0.6) is 17.2 Å². The Morgan fingerprint density at radius 2 is 1.71 bits per heavy atom. The zero-order valence-corrected chi connectivity index (χ0v) is 13.4. The van der Waals surface area contributed by atoms with E-state index in [1.165, 1.54) is 18.4 Å². The molecule has 1 aromatic rings. The number of rotatable bonds is 3. The molecular formula is C17H25NO3. The summed E-state index contributed by atoms with van der Waals surface area (Å²) in [5.41, 5.74) is 1.22. The van der Waals surface area contributed by atoms with Crippen LogP contribution >= 0.6 is 0 Å². The van der Waals surface area contributed by atoms with Crippen molar-refractivity contribution in [1.29, 1.82) is 0 Å². The van der Waals surface area contributed by atoms with E-state index < -0.39 is 0 Å². The van der Waals surface area contributed by atoms with Gasteiger partial charge in [-0.05, 0) is 45.8 Å². The predicted molar refractivity (Wildman–Crippen MR) is 82.4 cm³/mol. The fraction of sp³-hybridized carbons (Fsp3) is 0.647. The molecule has 1 fully saturated rings. The minimum absolute atomic E-state index is 0.0154. The summed E-state index contributed by atoms with van der Waals surface area (Å²) in [4.78, 5) is 2.29. The molecule has 4 heteroatoms. The number of fused-ring (bicyclic) bond motifs is 1. The van der Waals surface area contributed by atoms with E-state index in [0.29, 0.717) is 6.04 Å². The molecule has 0 aromatic heterocycles. The monoisotopic (exact) mass is 291 g/mol.